The Labute approximate surface area is 209 Å². The van der Waals surface area contributed by atoms with Gasteiger partial charge in [-0.1, -0.05) is 18.2 Å². The first-order valence-corrected chi connectivity index (χ1v) is 13.2. The lowest BCUT2D eigenvalue weighted by Gasteiger charge is -2.28. The summed E-state index contributed by atoms with van der Waals surface area (Å²) in [6.45, 7) is 6.98. The van der Waals surface area contributed by atoms with Crippen LogP contribution in [-0.2, 0) is 11.3 Å². The third-order valence-electron chi connectivity index (χ3n) is 5.82. The number of aliphatic hydroxyl groups excluding tert-OH is 1. The first-order chi connectivity index (χ1) is 16.3. The van der Waals surface area contributed by atoms with E-state index in [1.165, 1.54) is 38.6 Å². The van der Waals surface area contributed by atoms with Crippen LogP contribution in [0.3, 0.4) is 0 Å². The van der Waals surface area contributed by atoms with Gasteiger partial charge in [0.1, 0.15) is 5.82 Å². The first kappa shape index (κ1) is 26.3. The summed E-state index contributed by atoms with van der Waals surface area (Å²) in [4.78, 5) is 17.5. The second-order valence-electron chi connectivity index (χ2n) is 8.70. The van der Waals surface area contributed by atoms with Gasteiger partial charge in [0.25, 0.3) is 0 Å². The minimum atomic E-state index is -0.599. The quantitative estimate of drug-likeness (QED) is 0.351. The summed E-state index contributed by atoms with van der Waals surface area (Å²) in [5.74, 6) is -0.440. The average molecular weight is 501 g/mol. The lowest BCUT2D eigenvalue weighted by atomic mass is 10.0. The topological polar surface area (TPSA) is 52.6 Å². The molecule has 1 aromatic carbocycles. The van der Waals surface area contributed by atoms with Crippen LogP contribution in [0.15, 0.2) is 53.2 Å². The summed E-state index contributed by atoms with van der Waals surface area (Å²) in [6.07, 6.45) is 2.79. The van der Waals surface area contributed by atoms with Crippen molar-refractivity contribution in [3.8, 4) is 0 Å². The Hall–Kier alpha value is -2.32. The van der Waals surface area contributed by atoms with Crippen LogP contribution in [0.4, 0.5) is 4.39 Å². The van der Waals surface area contributed by atoms with Crippen molar-refractivity contribution < 1.29 is 14.3 Å². The van der Waals surface area contributed by atoms with E-state index in [4.69, 9.17) is 0 Å². The number of benzene rings is 1. The van der Waals surface area contributed by atoms with Gasteiger partial charge in [0.2, 0.25) is 5.91 Å². The molecule has 2 N–H and O–H groups in total. The van der Waals surface area contributed by atoms with Crippen LogP contribution in [0.25, 0.3) is 5.57 Å². The molecule has 1 amide bonds. The number of carbonyl (C=O) groups excluding carboxylic acids is 1. The Kier molecular flexibility index (Phi) is 9.59. The van der Waals surface area contributed by atoms with Crippen molar-refractivity contribution in [2.24, 2.45) is 0 Å². The van der Waals surface area contributed by atoms with Crippen LogP contribution < -0.4 is 5.32 Å². The molecule has 0 radical (unpaired) electrons. The molecule has 2 unspecified atom stereocenters. The minimum absolute atomic E-state index is 0.139. The van der Waals surface area contributed by atoms with Gasteiger partial charge in [0.15, 0.2) is 0 Å². The lowest BCUT2D eigenvalue weighted by molar-refractivity contribution is -0.127. The van der Waals surface area contributed by atoms with Crippen molar-refractivity contribution in [1.29, 1.82) is 0 Å². The van der Waals surface area contributed by atoms with E-state index < -0.39 is 12.1 Å². The largest absolute Gasteiger partial charge is 0.393 e. The first-order valence-electron chi connectivity index (χ1n) is 11.5. The highest BCUT2D eigenvalue weighted by Crippen LogP contribution is 2.35. The number of nitrogens with zero attached hydrogens (tertiary/aromatic N) is 1. The zero-order valence-corrected chi connectivity index (χ0v) is 21.8. The molecule has 2 heterocycles. The number of hydrogen-bond donors (Lipinski definition) is 2. The zero-order valence-electron chi connectivity index (χ0n) is 20.2. The molecule has 0 aliphatic carbocycles. The molecule has 0 saturated heterocycles. The van der Waals surface area contributed by atoms with Gasteiger partial charge in [0, 0.05) is 28.4 Å². The Morgan fingerprint density at radius 3 is 2.18 bits per heavy atom. The van der Waals surface area contributed by atoms with Crippen LogP contribution >= 0.6 is 22.7 Å². The minimum Gasteiger partial charge on any atom is -0.393 e. The number of aryl methyl sites for hydroxylation is 2. The molecule has 0 aliphatic rings. The summed E-state index contributed by atoms with van der Waals surface area (Å²) in [7, 11) is 1.92. The summed E-state index contributed by atoms with van der Waals surface area (Å²) in [5, 5.41) is 17.2. The molecule has 0 bridgehead atoms. The van der Waals surface area contributed by atoms with E-state index in [0.29, 0.717) is 19.5 Å². The maximum absolute atomic E-state index is 13.1. The molecular formula is C27H33FN2O2S2. The predicted molar refractivity (Wildman–Crippen MR) is 141 cm³/mol. The smallest absolute Gasteiger partial charge is 0.237 e. The maximum Gasteiger partial charge on any atom is 0.237 e. The van der Waals surface area contributed by atoms with Gasteiger partial charge >= 0.3 is 0 Å². The van der Waals surface area contributed by atoms with E-state index in [0.717, 1.165) is 12.0 Å². The summed E-state index contributed by atoms with van der Waals surface area (Å²) in [6, 6.07) is 9.93. The van der Waals surface area contributed by atoms with Gasteiger partial charge in [-0.15, -0.1) is 22.7 Å². The van der Waals surface area contributed by atoms with E-state index in [-0.39, 0.29) is 11.7 Å². The Morgan fingerprint density at radius 1 is 1.09 bits per heavy atom. The molecule has 0 saturated carbocycles. The molecule has 182 valence electrons. The lowest BCUT2D eigenvalue weighted by Crippen LogP contribution is -2.46. The molecule has 3 aromatic rings. The number of thiophene rings is 2. The fourth-order valence-corrected chi connectivity index (χ4v) is 5.89. The number of halogens is 1. The van der Waals surface area contributed by atoms with Crippen molar-refractivity contribution in [3.63, 3.8) is 0 Å². The molecule has 0 spiro atoms. The zero-order chi connectivity index (χ0) is 24.7. The molecule has 4 nitrogen and oxygen atoms in total. The monoisotopic (exact) mass is 500 g/mol. The van der Waals surface area contributed by atoms with E-state index in [1.807, 2.05) is 11.9 Å². The van der Waals surface area contributed by atoms with Gasteiger partial charge < -0.3 is 10.4 Å². The van der Waals surface area contributed by atoms with E-state index in [9.17, 15) is 14.3 Å². The number of nitrogens with one attached hydrogen (secondary N) is 1. The SMILES string of the molecule is Cc1ccsc1C(=CCCN(C)C(CC(C)O)C(=O)NCc1ccc(F)cc1)c1sccc1C. The normalized spacial score (nSPS) is 13.0. The van der Waals surface area contributed by atoms with Crippen molar-refractivity contribution in [1.82, 2.24) is 10.2 Å². The third-order valence-corrected chi connectivity index (χ3v) is 7.92. The molecule has 2 atom stereocenters. The number of aliphatic hydroxyl groups is 1. The highest BCUT2D eigenvalue weighted by atomic mass is 32.1. The van der Waals surface area contributed by atoms with Crippen LogP contribution in [0.1, 0.15) is 46.2 Å². The van der Waals surface area contributed by atoms with Crippen molar-refractivity contribution >= 4 is 34.2 Å². The van der Waals surface area contributed by atoms with Crippen molar-refractivity contribution in [3.05, 3.63) is 85.5 Å². The Balaban J connectivity index is 1.69. The van der Waals surface area contributed by atoms with Gasteiger partial charge in [-0.05, 0) is 92.4 Å². The number of hydrogen-bond acceptors (Lipinski definition) is 5. The molecule has 0 aliphatic heterocycles. The number of likely N-dealkylation sites (N-methyl/N-ethyl adjacent to an activating group) is 1. The molecule has 3 rings (SSSR count). The third kappa shape index (κ3) is 7.09. The molecule has 2 aromatic heterocycles. The number of amides is 1. The fraction of sp³-hybridized carbons (Fsp3) is 0.370. The summed E-state index contributed by atoms with van der Waals surface area (Å²) < 4.78 is 13.1. The van der Waals surface area contributed by atoms with E-state index >= 15 is 0 Å². The van der Waals surface area contributed by atoms with Crippen molar-refractivity contribution in [2.45, 2.75) is 52.3 Å². The van der Waals surface area contributed by atoms with Gasteiger partial charge in [-0.3, -0.25) is 9.69 Å². The van der Waals surface area contributed by atoms with Gasteiger partial charge in [-0.25, -0.2) is 4.39 Å². The fourth-order valence-electron chi connectivity index (χ4n) is 3.87. The Bertz CT molecular complexity index is 1060. The Morgan fingerprint density at radius 2 is 1.68 bits per heavy atom. The maximum atomic E-state index is 13.1. The predicted octanol–water partition coefficient (Wildman–Crippen LogP) is 5.78. The summed E-state index contributed by atoms with van der Waals surface area (Å²) >= 11 is 3.51. The van der Waals surface area contributed by atoms with Crippen LogP contribution in [-0.4, -0.2) is 41.7 Å². The molecule has 0 fully saturated rings. The standard InChI is InChI=1S/C27H33FN2O2S2/c1-18-11-14-33-25(18)23(26-19(2)12-15-34-26)6-5-13-30(4)24(16-20(3)31)27(32)29-17-21-7-9-22(28)10-8-21/h6-12,14-15,20,24,31H,5,13,16-17H2,1-4H3,(H,29,32). The second-order valence-corrected chi connectivity index (χ2v) is 10.5. The van der Waals surface area contributed by atoms with E-state index in [1.54, 1.807) is 41.7 Å². The highest BCUT2D eigenvalue weighted by Gasteiger charge is 2.24. The highest BCUT2D eigenvalue weighted by molar-refractivity contribution is 7.14. The molecule has 34 heavy (non-hydrogen) atoms. The average Bonchev–Trinajstić information content (AvgIpc) is 3.42. The van der Waals surface area contributed by atoms with Crippen LogP contribution in [0, 0.1) is 19.7 Å². The van der Waals surface area contributed by atoms with Crippen LogP contribution in [0.5, 0.6) is 0 Å². The number of carbonyl (C=O) groups is 1. The van der Waals surface area contributed by atoms with Crippen molar-refractivity contribution in [2.75, 3.05) is 13.6 Å². The second kappa shape index (κ2) is 12.4. The van der Waals surface area contributed by atoms with Gasteiger partial charge in [0.05, 0.1) is 12.1 Å². The van der Waals surface area contributed by atoms with E-state index in [2.05, 4.69) is 48.1 Å². The van der Waals surface area contributed by atoms with Gasteiger partial charge in [-0.2, -0.15) is 0 Å². The molecular weight excluding hydrogens is 467 g/mol. The van der Waals surface area contributed by atoms with Crippen LogP contribution in [0.2, 0.25) is 0 Å². The summed E-state index contributed by atoms with van der Waals surface area (Å²) in [5.41, 5.74) is 4.62. The molecule has 7 heteroatoms. The number of rotatable bonds is 11.